The number of methoxy groups -OCH3 is 1. The molecule has 0 aliphatic rings. The first-order valence-corrected chi connectivity index (χ1v) is 6.52. The highest BCUT2D eigenvalue weighted by Crippen LogP contribution is 2.21. The fourth-order valence-electron chi connectivity index (χ4n) is 2.22. The van der Waals surface area contributed by atoms with Gasteiger partial charge in [-0.3, -0.25) is 0 Å². The smallest absolute Gasteiger partial charge is 0.118 e. The molecule has 0 radical (unpaired) electrons. The van der Waals surface area contributed by atoms with E-state index in [-0.39, 0.29) is 0 Å². The number of hydrogen-bond donors (Lipinski definition) is 1. The highest BCUT2D eigenvalue weighted by atomic mass is 16.5. The number of nitrogens with zero attached hydrogens (tertiary/aromatic N) is 2. The zero-order chi connectivity index (χ0) is 13.7. The summed E-state index contributed by atoms with van der Waals surface area (Å²) in [7, 11) is 5.71. The first-order chi connectivity index (χ1) is 9.24. The Bertz CT molecular complexity index is 504. The molecule has 19 heavy (non-hydrogen) atoms. The van der Waals surface area contributed by atoms with Gasteiger partial charge in [-0.1, -0.05) is 12.1 Å². The summed E-state index contributed by atoms with van der Waals surface area (Å²) in [6, 6.07) is 8.56. The molecule has 4 nitrogen and oxygen atoms in total. The summed E-state index contributed by atoms with van der Waals surface area (Å²) in [5, 5.41) is 3.36. The molecule has 0 bridgehead atoms. The Kier molecular flexibility index (Phi) is 4.58. The quantitative estimate of drug-likeness (QED) is 0.865. The van der Waals surface area contributed by atoms with Gasteiger partial charge in [-0.25, -0.2) is 4.98 Å². The molecule has 1 aromatic heterocycles. The number of aryl methyl sites for hydroxylation is 2. The van der Waals surface area contributed by atoms with Gasteiger partial charge in [0.05, 0.1) is 7.11 Å². The van der Waals surface area contributed by atoms with Crippen LogP contribution in [0.3, 0.4) is 0 Å². The summed E-state index contributed by atoms with van der Waals surface area (Å²) in [5.41, 5.74) is 1.28. The maximum Gasteiger partial charge on any atom is 0.118 e. The molecule has 4 heteroatoms. The van der Waals surface area contributed by atoms with E-state index in [1.807, 2.05) is 38.6 Å². The summed E-state index contributed by atoms with van der Waals surface area (Å²) in [4.78, 5) is 4.36. The lowest BCUT2D eigenvalue weighted by molar-refractivity contribution is 0.414. The predicted molar refractivity (Wildman–Crippen MR) is 76.3 cm³/mol. The standard InChI is InChI=1S/C15H21N3O/c1-16-14(8-9-15-17-10-11-18(15)2)12-4-6-13(19-3)7-5-12/h4-7,10-11,14,16H,8-9H2,1-3H3. The molecule has 0 spiro atoms. The number of rotatable bonds is 6. The topological polar surface area (TPSA) is 39.1 Å². The molecule has 2 rings (SSSR count). The van der Waals surface area contributed by atoms with Crippen LogP contribution in [-0.4, -0.2) is 23.7 Å². The Hall–Kier alpha value is -1.81. The molecule has 0 amide bonds. The van der Waals surface area contributed by atoms with Crippen molar-refractivity contribution in [2.24, 2.45) is 7.05 Å². The Morgan fingerprint density at radius 3 is 2.58 bits per heavy atom. The third kappa shape index (κ3) is 3.35. The maximum absolute atomic E-state index is 5.18. The maximum atomic E-state index is 5.18. The lowest BCUT2D eigenvalue weighted by Crippen LogP contribution is -2.17. The molecule has 0 saturated heterocycles. The summed E-state index contributed by atoms with van der Waals surface area (Å²) in [5.74, 6) is 2.01. The molecule has 2 aromatic rings. The minimum atomic E-state index is 0.336. The lowest BCUT2D eigenvalue weighted by atomic mass is 10.0. The Labute approximate surface area is 114 Å². The van der Waals surface area contributed by atoms with Crippen LogP contribution >= 0.6 is 0 Å². The second-order valence-corrected chi connectivity index (χ2v) is 4.61. The minimum absolute atomic E-state index is 0.336. The number of nitrogens with one attached hydrogen (secondary N) is 1. The monoisotopic (exact) mass is 259 g/mol. The number of imidazole rings is 1. The first kappa shape index (κ1) is 13.6. The highest BCUT2D eigenvalue weighted by Gasteiger charge is 2.10. The van der Waals surface area contributed by atoms with Gasteiger partial charge in [-0.2, -0.15) is 0 Å². The van der Waals surface area contributed by atoms with Crippen LogP contribution in [0.25, 0.3) is 0 Å². The molecule has 1 unspecified atom stereocenters. The van der Waals surface area contributed by atoms with Crippen molar-refractivity contribution in [1.29, 1.82) is 0 Å². The summed E-state index contributed by atoms with van der Waals surface area (Å²) >= 11 is 0. The molecule has 0 saturated carbocycles. The van der Waals surface area contributed by atoms with E-state index in [0.717, 1.165) is 24.4 Å². The van der Waals surface area contributed by atoms with Gasteiger partial charge in [-0.15, -0.1) is 0 Å². The van der Waals surface area contributed by atoms with Gasteiger partial charge < -0.3 is 14.6 Å². The Balaban J connectivity index is 2.01. The van der Waals surface area contributed by atoms with Crippen LogP contribution in [0.4, 0.5) is 0 Å². The molecule has 1 N–H and O–H groups in total. The van der Waals surface area contributed by atoms with E-state index in [0.29, 0.717) is 6.04 Å². The molecule has 1 atom stereocenters. The van der Waals surface area contributed by atoms with Crippen LogP contribution < -0.4 is 10.1 Å². The molecule has 102 valence electrons. The van der Waals surface area contributed by atoms with Gasteiger partial charge in [0.25, 0.3) is 0 Å². The van der Waals surface area contributed by atoms with E-state index in [9.17, 15) is 0 Å². The van der Waals surface area contributed by atoms with Crippen molar-refractivity contribution in [3.8, 4) is 5.75 Å². The van der Waals surface area contributed by atoms with E-state index in [4.69, 9.17) is 4.74 Å². The average Bonchev–Trinajstić information content (AvgIpc) is 2.86. The number of hydrogen-bond acceptors (Lipinski definition) is 3. The molecular weight excluding hydrogens is 238 g/mol. The largest absolute Gasteiger partial charge is 0.497 e. The van der Waals surface area contributed by atoms with Gasteiger partial charge in [0, 0.05) is 31.9 Å². The van der Waals surface area contributed by atoms with E-state index in [2.05, 4.69) is 27.0 Å². The summed E-state index contributed by atoms with van der Waals surface area (Å²) in [6.07, 6.45) is 5.81. The predicted octanol–water partition coefficient (Wildman–Crippen LogP) is 2.32. The molecule has 1 heterocycles. The summed E-state index contributed by atoms with van der Waals surface area (Å²) in [6.45, 7) is 0. The molecule has 0 aliphatic heterocycles. The van der Waals surface area contributed by atoms with Crippen molar-refractivity contribution in [1.82, 2.24) is 14.9 Å². The van der Waals surface area contributed by atoms with E-state index in [1.165, 1.54) is 5.56 Å². The van der Waals surface area contributed by atoms with Gasteiger partial charge in [0.2, 0.25) is 0 Å². The van der Waals surface area contributed by atoms with Crippen LogP contribution in [0.2, 0.25) is 0 Å². The van der Waals surface area contributed by atoms with E-state index >= 15 is 0 Å². The van der Waals surface area contributed by atoms with Crippen LogP contribution in [0.15, 0.2) is 36.7 Å². The molecule has 0 fully saturated rings. The zero-order valence-corrected chi connectivity index (χ0v) is 11.8. The molecular formula is C15H21N3O. The zero-order valence-electron chi connectivity index (χ0n) is 11.8. The van der Waals surface area contributed by atoms with Crippen molar-refractivity contribution in [2.45, 2.75) is 18.9 Å². The van der Waals surface area contributed by atoms with Gasteiger partial charge in [0.15, 0.2) is 0 Å². The molecule has 0 aliphatic carbocycles. The Morgan fingerprint density at radius 1 is 1.32 bits per heavy atom. The third-order valence-corrected chi connectivity index (χ3v) is 3.44. The van der Waals surface area contributed by atoms with Crippen molar-refractivity contribution < 1.29 is 4.74 Å². The number of aromatic nitrogens is 2. The fraction of sp³-hybridized carbons (Fsp3) is 0.400. The van der Waals surface area contributed by atoms with Gasteiger partial charge in [-0.05, 0) is 31.2 Å². The fourth-order valence-corrected chi connectivity index (χ4v) is 2.22. The SMILES string of the molecule is CNC(CCc1nccn1C)c1ccc(OC)cc1. The van der Waals surface area contributed by atoms with Crippen molar-refractivity contribution in [2.75, 3.05) is 14.2 Å². The average molecular weight is 259 g/mol. The van der Waals surface area contributed by atoms with Crippen LogP contribution in [0.5, 0.6) is 5.75 Å². The number of ether oxygens (including phenoxy) is 1. The normalized spacial score (nSPS) is 12.4. The minimum Gasteiger partial charge on any atom is -0.497 e. The van der Waals surface area contributed by atoms with Gasteiger partial charge >= 0.3 is 0 Å². The Morgan fingerprint density at radius 2 is 2.05 bits per heavy atom. The van der Waals surface area contributed by atoms with Crippen molar-refractivity contribution >= 4 is 0 Å². The summed E-state index contributed by atoms with van der Waals surface area (Å²) < 4.78 is 7.25. The highest BCUT2D eigenvalue weighted by molar-refractivity contribution is 5.29. The third-order valence-electron chi connectivity index (χ3n) is 3.44. The van der Waals surface area contributed by atoms with Gasteiger partial charge in [0.1, 0.15) is 11.6 Å². The lowest BCUT2D eigenvalue weighted by Gasteiger charge is -2.16. The second-order valence-electron chi connectivity index (χ2n) is 4.61. The van der Waals surface area contributed by atoms with Crippen LogP contribution in [-0.2, 0) is 13.5 Å². The van der Waals surface area contributed by atoms with E-state index in [1.54, 1.807) is 7.11 Å². The number of benzene rings is 1. The van der Waals surface area contributed by atoms with Crippen LogP contribution in [0, 0.1) is 0 Å². The van der Waals surface area contributed by atoms with E-state index < -0.39 is 0 Å². The van der Waals surface area contributed by atoms with Crippen molar-refractivity contribution in [3.63, 3.8) is 0 Å². The first-order valence-electron chi connectivity index (χ1n) is 6.52. The second kappa shape index (κ2) is 6.38. The molecule has 1 aromatic carbocycles. The van der Waals surface area contributed by atoms with Crippen LogP contribution in [0.1, 0.15) is 23.9 Å². The van der Waals surface area contributed by atoms with Crippen molar-refractivity contribution in [3.05, 3.63) is 48.0 Å².